The Bertz CT molecular complexity index is 1290. The zero-order valence-corrected chi connectivity index (χ0v) is 20.6. The SMILES string of the molecule is Cc1ccc(CCC(=O)CCc2cccc(NC3=CC(=O)N(C4CCC(=O)NC4=O)C3=O)c2)cc1Cl. The number of ketones is 1. The molecule has 1 atom stereocenters. The zero-order chi connectivity index (χ0) is 25.8. The van der Waals surface area contributed by atoms with Gasteiger partial charge in [0.1, 0.15) is 17.5 Å². The molecule has 1 unspecified atom stereocenters. The van der Waals surface area contributed by atoms with E-state index < -0.39 is 29.7 Å². The maximum Gasteiger partial charge on any atom is 0.278 e. The molecule has 4 rings (SSSR count). The number of nitrogens with zero attached hydrogens (tertiary/aromatic N) is 1. The van der Waals surface area contributed by atoms with Crippen molar-refractivity contribution in [3.05, 3.63) is 76.0 Å². The van der Waals surface area contributed by atoms with Gasteiger partial charge in [-0.1, -0.05) is 35.9 Å². The normalized spacial score (nSPS) is 17.8. The van der Waals surface area contributed by atoms with Crippen molar-refractivity contribution in [2.45, 2.75) is 51.5 Å². The summed E-state index contributed by atoms with van der Waals surface area (Å²) in [4.78, 5) is 62.1. The van der Waals surface area contributed by atoms with Crippen molar-refractivity contribution in [3.8, 4) is 0 Å². The van der Waals surface area contributed by atoms with Crippen molar-refractivity contribution in [1.29, 1.82) is 0 Å². The highest BCUT2D eigenvalue weighted by molar-refractivity contribution is 6.31. The second-order valence-corrected chi connectivity index (χ2v) is 9.39. The number of carbonyl (C=O) groups is 5. The highest BCUT2D eigenvalue weighted by Gasteiger charge is 2.42. The molecule has 0 spiro atoms. The molecule has 0 radical (unpaired) electrons. The minimum atomic E-state index is -1.01. The number of amides is 4. The summed E-state index contributed by atoms with van der Waals surface area (Å²) in [5.74, 6) is -2.15. The van der Waals surface area contributed by atoms with Crippen molar-refractivity contribution < 1.29 is 24.0 Å². The Morgan fingerprint density at radius 1 is 1.06 bits per heavy atom. The predicted octanol–water partition coefficient (Wildman–Crippen LogP) is 3.25. The van der Waals surface area contributed by atoms with E-state index in [1.54, 1.807) is 12.1 Å². The van der Waals surface area contributed by atoms with Crippen LogP contribution in [-0.4, -0.2) is 40.4 Å². The van der Waals surface area contributed by atoms with Gasteiger partial charge >= 0.3 is 0 Å². The fourth-order valence-electron chi connectivity index (χ4n) is 4.24. The third-order valence-corrected chi connectivity index (χ3v) is 6.71. The lowest BCUT2D eigenvalue weighted by Crippen LogP contribution is -2.54. The summed E-state index contributed by atoms with van der Waals surface area (Å²) < 4.78 is 0. The highest BCUT2D eigenvalue weighted by Crippen LogP contribution is 2.24. The molecule has 1 fully saturated rings. The number of rotatable bonds is 9. The van der Waals surface area contributed by atoms with Gasteiger partial charge in [0, 0.05) is 36.0 Å². The first-order valence-corrected chi connectivity index (χ1v) is 12.1. The number of hydrogen-bond acceptors (Lipinski definition) is 6. The molecule has 36 heavy (non-hydrogen) atoms. The van der Waals surface area contributed by atoms with Gasteiger partial charge in [-0.2, -0.15) is 0 Å². The first-order chi connectivity index (χ1) is 17.2. The molecule has 2 aliphatic heterocycles. The molecule has 2 aromatic carbocycles. The number of aryl methyl sites for hydroxylation is 3. The number of nitrogens with one attached hydrogen (secondary N) is 2. The van der Waals surface area contributed by atoms with Crippen LogP contribution in [0.5, 0.6) is 0 Å². The van der Waals surface area contributed by atoms with E-state index in [9.17, 15) is 24.0 Å². The Hall–Kier alpha value is -3.78. The molecule has 2 heterocycles. The van der Waals surface area contributed by atoms with Crippen LogP contribution in [0.4, 0.5) is 5.69 Å². The summed E-state index contributed by atoms with van der Waals surface area (Å²) in [5, 5.41) is 5.81. The number of Topliss-reactive ketones (excluding diaryl/α,β-unsaturated/α-hetero) is 1. The van der Waals surface area contributed by atoms with Gasteiger partial charge in [0.25, 0.3) is 11.8 Å². The molecule has 0 bridgehead atoms. The number of hydrogen-bond donors (Lipinski definition) is 2. The molecule has 0 aromatic heterocycles. The fourth-order valence-corrected chi connectivity index (χ4v) is 4.45. The van der Waals surface area contributed by atoms with Crippen LogP contribution in [0.2, 0.25) is 5.02 Å². The van der Waals surface area contributed by atoms with E-state index >= 15 is 0 Å². The van der Waals surface area contributed by atoms with Crippen LogP contribution in [0.15, 0.2) is 54.2 Å². The van der Waals surface area contributed by atoms with E-state index in [1.165, 1.54) is 0 Å². The fraction of sp³-hybridized carbons (Fsp3) is 0.296. The summed E-state index contributed by atoms with van der Waals surface area (Å²) in [6.07, 6.45) is 3.30. The van der Waals surface area contributed by atoms with E-state index in [1.807, 2.05) is 37.3 Å². The van der Waals surface area contributed by atoms with Crippen molar-refractivity contribution in [1.82, 2.24) is 10.2 Å². The molecule has 9 heteroatoms. The summed E-state index contributed by atoms with van der Waals surface area (Å²) in [6.45, 7) is 1.94. The minimum absolute atomic E-state index is 0.0506. The van der Waals surface area contributed by atoms with Crippen LogP contribution in [-0.2, 0) is 36.8 Å². The number of anilines is 1. The van der Waals surface area contributed by atoms with Crippen LogP contribution >= 0.6 is 11.6 Å². The molecule has 2 N–H and O–H groups in total. The number of halogens is 1. The molecule has 2 aliphatic rings. The first kappa shape index (κ1) is 25.3. The molecular weight excluding hydrogens is 482 g/mol. The molecule has 8 nitrogen and oxygen atoms in total. The Morgan fingerprint density at radius 2 is 1.78 bits per heavy atom. The van der Waals surface area contributed by atoms with Crippen molar-refractivity contribution in [2.75, 3.05) is 5.32 Å². The second-order valence-electron chi connectivity index (χ2n) is 8.99. The summed E-state index contributed by atoms with van der Waals surface area (Å²) in [6, 6.07) is 12.1. The molecule has 0 saturated carbocycles. The molecule has 0 aliphatic carbocycles. The average molecular weight is 508 g/mol. The molecular formula is C27H26ClN3O5. The van der Waals surface area contributed by atoms with Crippen molar-refractivity contribution >= 4 is 46.7 Å². The predicted molar refractivity (Wildman–Crippen MR) is 134 cm³/mol. The lowest BCUT2D eigenvalue weighted by Gasteiger charge is -2.28. The van der Waals surface area contributed by atoms with Gasteiger partial charge < -0.3 is 5.32 Å². The highest BCUT2D eigenvalue weighted by atomic mass is 35.5. The van der Waals surface area contributed by atoms with Crippen LogP contribution in [0, 0.1) is 6.92 Å². The summed E-state index contributed by atoms with van der Waals surface area (Å²) in [5.41, 5.74) is 3.58. The maximum atomic E-state index is 12.8. The number of carbonyl (C=O) groups excluding carboxylic acids is 5. The third kappa shape index (κ3) is 5.88. The van der Waals surface area contributed by atoms with Gasteiger partial charge in [0.2, 0.25) is 11.8 Å². The Balaban J connectivity index is 1.31. The first-order valence-electron chi connectivity index (χ1n) is 11.8. The molecule has 2 aromatic rings. The van der Waals surface area contributed by atoms with Gasteiger partial charge in [-0.25, -0.2) is 0 Å². The van der Waals surface area contributed by atoms with Crippen LogP contribution in [0.3, 0.4) is 0 Å². The molecule has 186 valence electrons. The van der Waals surface area contributed by atoms with Gasteiger partial charge in [-0.15, -0.1) is 0 Å². The summed E-state index contributed by atoms with van der Waals surface area (Å²) in [7, 11) is 0. The van der Waals surface area contributed by atoms with Crippen molar-refractivity contribution in [2.24, 2.45) is 0 Å². The van der Waals surface area contributed by atoms with E-state index in [0.717, 1.165) is 27.7 Å². The average Bonchev–Trinajstić information content (AvgIpc) is 3.11. The van der Waals surface area contributed by atoms with Crippen LogP contribution < -0.4 is 10.6 Å². The van der Waals surface area contributed by atoms with Crippen molar-refractivity contribution in [3.63, 3.8) is 0 Å². The number of piperidine rings is 1. The monoisotopic (exact) mass is 507 g/mol. The third-order valence-electron chi connectivity index (χ3n) is 6.30. The van der Waals surface area contributed by atoms with Crippen LogP contribution in [0.1, 0.15) is 42.4 Å². The minimum Gasteiger partial charge on any atom is -0.351 e. The van der Waals surface area contributed by atoms with E-state index in [-0.39, 0.29) is 24.3 Å². The van der Waals surface area contributed by atoms with Gasteiger partial charge in [-0.3, -0.25) is 34.2 Å². The topological polar surface area (TPSA) is 113 Å². The smallest absolute Gasteiger partial charge is 0.278 e. The van der Waals surface area contributed by atoms with E-state index in [0.29, 0.717) is 36.4 Å². The quantitative estimate of drug-likeness (QED) is 0.504. The number of benzene rings is 2. The maximum absolute atomic E-state index is 12.8. The lowest BCUT2D eigenvalue weighted by atomic mass is 10.0. The van der Waals surface area contributed by atoms with Gasteiger partial charge in [0.15, 0.2) is 0 Å². The Kier molecular flexibility index (Phi) is 7.64. The number of imide groups is 2. The standard InChI is InChI=1S/C27H26ClN3O5/c1-16-5-6-18(14-21(16)28)8-10-20(32)9-7-17-3-2-4-19(13-17)29-22-15-25(34)31(27(22)36)23-11-12-24(33)30-26(23)35/h2-6,13-15,23,29H,7-12H2,1H3,(H,30,33,35). The Morgan fingerprint density at radius 3 is 2.47 bits per heavy atom. The largest absolute Gasteiger partial charge is 0.351 e. The lowest BCUT2D eigenvalue weighted by molar-refractivity contribution is -0.149. The Labute approximate surface area is 213 Å². The van der Waals surface area contributed by atoms with Gasteiger partial charge in [-0.05, 0) is 61.1 Å². The summed E-state index contributed by atoms with van der Waals surface area (Å²) >= 11 is 6.15. The second kappa shape index (κ2) is 10.9. The van der Waals surface area contributed by atoms with Crippen LogP contribution in [0.25, 0.3) is 0 Å². The van der Waals surface area contributed by atoms with E-state index in [2.05, 4.69) is 10.6 Å². The van der Waals surface area contributed by atoms with Gasteiger partial charge in [0.05, 0.1) is 0 Å². The zero-order valence-electron chi connectivity index (χ0n) is 19.8. The molecule has 1 saturated heterocycles. The molecule has 4 amide bonds. The van der Waals surface area contributed by atoms with E-state index in [4.69, 9.17) is 11.6 Å².